The van der Waals surface area contributed by atoms with Crippen molar-refractivity contribution in [2.45, 2.75) is 57.0 Å². The van der Waals surface area contributed by atoms with Gasteiger partial charge in [0.25, 0.3) is 0 Å². The van der Waals surface area contributed by atoms with Crippen molar-refractivity contribution in [3.8, 4) is 11.1 Å². The highest BCUT2D eigenvalue weighted by Gasteiger charge is 2.40. The predicted molar refractivity (Wildman–Crippen MR) is 131 cm³/mol. The first kappa shape index (κ1) is 23.4. The number of likely N-dealkylation sites (tertiary alicyclic amines) is 1. The number of nitrogens with one attached hydrogen (secondary N) is 1. The lowest BCUT2D eigenvalue weighted by Gasteiger charge is -2.37. The van der Waals surface area contributed by atoms with E-state index in [-0.39, 0.29) is 30.4 Å². The standard InChI is InChI=1S/C28H32N2O5/c1-17-12-13-30(25(14-17)27(32)33)26(31)18-10-11-19(15-18)29-28(34)35-16-24-22-8-4-2-6-20(22)21-7-3-5-9-23(21)24/h2-9,17-19,24-25H,10-16H2,1H3,(H,29,34)(H,32,33)/t17?,18-,19+,25?/m1/s1. The highest BCUT2D eigenvalue weighted by Crippen LogP contribution is 2.44. The number of hydrogen-bond donors (Lipinski definition) is 2. The normalized spacial score (nSPS) is 25.6. The van der Waals surface area contributed by atoms with Gasteiger partial charge < -0.3 is 20.1 Å². The fourth-order valence-electron chi connectivity index (χ4n) is 6.02. The first-order valence-corrected chi connectivity index (χ1v) is 12.6. The molecule has 4 atom stereocenters. The van der Waals surface area contributed by atoms with Crippen molar-refractivity contribution >= 4 is 18.0 Å². The number of piperidine rings is 1. The molecule has 2 aliphatic carbocycles. The van der Waals surface area contributed by atoms with Gasteiger partial charge in [-0.05, 0) is 60.3 Å². The van der Waals surface area contributed by atoms with Gasteiger partial charge in [0.05, 0.1) is 0 Å². The van der Waals surface area contributed by atoms with Crippen molar-refractivity contribution in [3.05, 3.63) is 59.7 Å². The van der Waals surface area contributed by atoms with Crippen LogP contribution >= 0.6 is 0 Å². The molecule has 1 aliphatic heterocycles. The van der Waals surface area contributed by atoms with Gasteiger partial charge in [-0.3, -0.25) is 4.79 Å². The summed E-state index contributed by atoms with van der Waals surface area (Å²) in [7, 11) is 0. The molecule has 0 aromatic heterocycles. The second kappa shape index (κ2) is 9.72. The van der Waals surface area contributed by atoms with E-state index in [1.807, 2.05) is 31.2 Å². The summed E-state index contributed by atoms with van der Waals surface area (Å²) in [6.45, 7) is 2.76. The molecule has 1 saturated carbocycles. The largest absolute Gasteiger partial charge is 0.480 e. The van der Waals surface area contributed by atoms with Crippen LogP contribution < -0.4 is 5.32 Å². The molecule has 2 amide bonds. The third-order valence-corrected chi connectivity index (χ3v) is 7.88. The maximum atomic E-state index is 13.1. The number of carboxylic acids is 1. The van der Waals surface area contributed by atoms with E-state index in [2.05, 4.69) is 29.6 Å². The summed E-state index contributed by atoms with van der Waals surface area (Å²) in [4.78, 5) is 39.0. The molecule has 1 saturated heterocycles. The lowest BCUT2D eigenvalue weighted by atomic mass is 9.91. The minimum atomic E-state index is -0.934. The van der Waals surface area contributed by atoms with Gasteiger partial charge in [-0.2, -0.15) is 0 Å². The van der Waals surface area contributed by atoms with E-state index in [1.165, 1.54) is 11.1 Å². The third kappa shape index (κ3) is 4.64. The number of hydrogen-bond acceptors (Lipinski definition) is 4. The SMILES string of the molecule is CC1CCN(C(=O)[C@@H]2CC[C@H](NC(=O)OCC3c4ccccc4-c4ccccc43)C2)C(C(=O)O)C1. The molecule has 2 fully saturated rings. The van der Waals surface area contributed by atoms with Gasteiger partial charge in [-0.25, -0.2) is 9.59 Å². The molecule has 2 unspecified atom stereocenters. The third-order valence-electron chi connectivity index (χ3n) is 7.88. The average Bonchev–Trinajstić information content (AvgIpc) is 3.45. The van der Waals surface area contributed by atoms with Crippen LogP contribution in [0.1, 0.15) is 56.1 Å². The Morgan fingerprint density at radius 3 is 2.29 bits per heavy atom. The smallest absolute Gasteiger partial charge is 0.407 e. The van der Waals surface area contributed by atoms with E-state index in [0.717, 1.165) is 17.5 Å². The van der Waals surface area contributed by atoms with Gasteiger partial charge in [-0.15, -0.1) is 0 Å². The van der Waals surface area contributed by atoms with Crippen molar-refractivity contribution in [3.63, 3.8) is 0 Å². The van der Waals surface area contributed by atoms with Gasteiger partial charge in [0, 0.05) is 24.4 Å². The van der Waals surface area contributed by atoms with Gasteiger partial charge >= 0.3 is 12.1 Å². The van der Waals surface area contributed by atoms with Crippen LogP contribution in [-0.4, -0.2) is 53.2 Å². The molecule has 0 spiro atoms. The molecule has 7 nitrogen and oxygen atoms in total. The maximum absolute atomic E-state index is 13.1. The highest BCUT2D eigenvalue weighted by atomic mass is 16.5. The van der Waals surface area contributed by atoms with Gasteiger partial charge in [-0.1, -0.05) is 55.5 Å². The number of carboxylic acid groups (broad SMARTS) is 1. The lowest BCUT2D eigenvalue weighted by molar-refractivity contribution is -0.154. The molecule has 2 aromatic carbocycles. The van der Waals surface area contributed by atoms with Crippen LogP contribution in [0.5, 0.6) is 0 Å². The minimum Gasteiger partial charge on any atom is -0.480 e. The quantitative estimate of drug-likeness (QED) is 0.667. The summed E-state index contributed by atoms with van der Waals surface area (Å²) in [5.41, 5.74) is 4.69. The van der Waals surface area contributed by atoms with Crippen LogP contribution in [0, 0.1) is 11.8 Å². The van der Waals surface area contributed by atoms with E-state index < -0.39 is 18.1 Å². The zero-order valence-electron chi connectivity index (χ0n) is 20.0. The first-order valence-electron chi connectivity index (χ1n) is 12.6. The minimum absolute atomic E-state index is 0.000463. The van der Waals surface area contributed by atoms with Crippen molar-refractivity contribution in [1.29, 1.82) is 0 Å². The number of amides is 2. The lowest BCUT2D eigenvalue weighted by Crippen LogP contribution is -2.51. The van der Waals surface area contributed by atoms with Crippen molar-refractivity contribution in [2.24, 2.45) is 11.8 Å². The highest BCUT2D eigenvalue weighted by molar-refractivity contribution is 5.85. The average molecular weight is 477 g/mol. The molecular formula is C28H32N2O5. The van der Waals surface area contributed by atoms with Crippen LogP contribution in [-0.2, 0) is 14.3 Å². The van der Waals surface area contributed by atoms with Crippen LogP contribution in [0.15, 0.2) is 48.5 Å². The molecule has 5 rings (SSSR count). The molecule has 184 valence electrons. The maximum Gasteiger partial charge on any atom is 0.407 e. The van der Waals surface area contributed by atoms with E-state index in [1.54, 1.807) is 4.90 Å². The van der Waals surface area contributed by atoms with Crippen LogP contribution in [0.4, 0.5) is 4.79 Å². The number of rotatable bonds is 5. The van der Waals surface area contributed by atoms with Gasteiger partial charge in [0.2, 0.25) is 5.91 Å². The van der Waals surface area contributed by atoms with E-state index in [4.69, 9.17) is 4.74 Å². The zero-order chi connectivity index (χ0) is 24.5. The predicted octanol–water partition coefficient (Wildman–Crippen LogP) is 4.41. The Labute approximate surface area is 205 Å². The monoisotopic (exact) mass is 476 g/mol. The van der Waals surface area contributed by atoms with Crippen molar-refractivity contribution in [2.75, 3.05) is 13.2 Å². The Morgan fingerprint density at radius 1 is 0.971 bits per heavy atom. The number of carbonyl (C=O) groups is 3. The summed E-state index contributed by atoms with van der Waals surface area (Å²) >= 11 is 0. The van der Waals surface area contributed by atoms with E-state index in [9.17, 15) is 19.5 Å². The van der Waals surface area contributed by atoms with Crippen molar-refractivity contribution in [1.82, 2.24) is 10.2 Å². The summed E-state index contributed by atoms with van der Waals surface area (Å²) < 4.78 is 5.65. The molecule has 7 heteroatoms. The summed E-state index contributed by atoms with van der Waals surface area (Å²) in [5.74, 6) is -0.992. The van der Waals surface area contributed by atoms with Crippen LogP contribution in [0.25, 0.3) is 11.1 Å². The Kier molecular flexibility index (Phi) is 6.50. The Hall–Kier alpha value is -3.35. The Balaban J connectivity index is 1.16. The number of fused-ring (bicyclic) bond motifs is 3. The second-order valence-corrected chi connectivity index (χ2v) is 10.2. The fraction of sp³-hybridized carbons (Fsp3) is 0.464. The number of ether oxygens (including phenoxy) is 1. The van der Waals surface area contributed by atoms with Gasteiger partial charge in [0.15, 0.2) is 0 Å². The van der Waals surface area contributed by atoms with Gasteiger partial charge in [0.1, 0.15) is 12.6 Å². The molecule has 0 radical (unpaired) electrons. The molecule has 0 bridgehead atoms. The van der Waals surface area contributed by atoms with Crippen LogP contribution in [0.2, 0.25) is 0 Å². The molecular weight excluding hydrogens is 444 g/mol. The fourth-order valence-corrected chi connectivity index (χ4v) is 6.02. The summed E-state index contributed by atoms with van der Waals surface area (Å²) in [6, 6.07) is 15.5. The Morgan fingerprint density at radius 2 is 1.63 bits per heavy atom. The number of alkyl carbamates (subject to hydrolysis) is 1. The zero-order valence-corrected chi connectivity index (χ0v) is 20.0. The molecule has 2 N–H and O–H groups in total. The molecule has 2 aromatic rings. The number of aliphatic carboxylic acids is 1. The van der Waals surface area contributed by atoms with Crippen LogP contribution in [0.3, 0.4) is 0 Å². The molecule has 3 aliphatic rings. The first-order chi connectivity index (χ1) is 16.9. The molecule has 35 heavy (non-hydrogen) atoms. The topological polar surface area (TPSA) is 95.9 Å². The Bertz CT molecular complexity index is 1090. The number of benzene rings is 2. The van der Waals surface area contributed by atoms with Crippen molar-refractivity contribution < 1.29 is 24.2 Å². The molecule has 1 heterocycles. The number of carbonyl (C=O) groups excluding carboxylic acids is 2. The van der Waals surface area contributed by atoms with E-state index in [0.29, 0.717) is 38.1 Å². The summed E-state index contributed by atoms with van der Waals surface area (Å²) in [5, 5.41) is 12.5. The second-order valence-electron chi connectivity index (χ2n) is 10.2. The van der Waals surface area contributed by atoms with E-state index >= 15 is 0 Å². The number of nitrogens with zero attached hydrogens (tertiary/aromatic N) is 1. The summed E-state index contributed by atoms with van der Waals surface area (Å²) in [6.07, 6.45) is 2.69.